The predicted octanol–water partition coefficient (Wildman–Crippen LogP) is 1.72. The Morgan fingerprint density at radius 3 is 2.63 bits per heavy atom. The Balaban J connectivity index is 1.89. The van der Waals surface area contributed by atoms with Crippen molar-refractivity contribution in [3.63, 3.8) is 0 Å². The number of carbonyl (C=O) groups is 1. The van der Waals surface area contributed by atoms with E-state index in [4.69, 9.17) is 4.74 Å². The number of carboxylic acids is 1. The van der Waals surface area contributed by atoms with E-state index >= 15 is 0 Å². The molecule has 0 bridgehead atoms. The maximum absolute atomic E-state index is 13.0. The summed E-state index contributed by atoms with van der Waals surface area (Å²) in [7, 11) is -3.83. The molecular formula is C18H17N3O5S. The minimum Gasteiger partial charge on any atom is -0.478 e. The average Bonchev–Trinajstić information content (AvgIpc) is 3.17. The van der Waals surface area contributed by atoms with Crippen LogP contribution in [0, 0.1) is 0 Å². The van der Waals surface area contributed by atoms with E-state index in [0.717, 1.165) is 5.52 Å². The number of sulfonamides is 1. The quantitative estimate of drug-likeness (QED) is 0.731. The third-order valence-corrected chi connectivity index (χ3v) is 6.35. The summed E-state index contributed by atoms with van der Waals surface area (Å²) in [6.07, 6.45) is 1.63. The van der Waals surface area contributed by atoms with Crippen molar-refractivity contribution in [2.75, 3.05) is 26.3 Å². The second-order valence-corrected chi connectivity index (χ2v) is 8.08. The van der Waals surface area contributed by atoms with Crippen LogP contribution in [0.4, 0.5) is 0 Å². The van der Waals surface area contributed by atoms with E-state index in [1.807, 2.05) is 18.2 Å². The highest BCUT2D eigenvalue weighted by Crippen LogP contribution is 2.27. The minimum absolute atomic E-state index is 0.0524. The van der Waals surface area contributed by atoms with E-state index in [-0.39, 0.29) is 23.5 Å². The van der Waals surface area contributed by atoms with Gasteiger partial charge < -0.3 is 9.84 Å². The van der Waals surface area contributed by atoms with E-state index < -0.39 is 16.0 Å². The van der Waals surface area contributed by atoms with Gasteiger partial charge in [0, 0.05) is 18.7 Å². The normalized spacial score (nSPS) is 15.9. The van der Waals surface area contributed by atoms with E-state index in [1.165, 1.54) is 22.5 Å². The molecule has 3 aromatic rings. The van der Waals surface area contributed by atoms with E-state index in [1.54, 1.807) is 16.8 Å². The number of hydrogen-bond acceptors (Lipinski definition) is 5. The van der Waals surface area contributed by atoms with E-state index in [2.05, 4.69) is 5.10 Å². The Bertz CT molecular complexity index is 1120. The molecule has 1 aromatic carbocycles. The standard InChI is InChI=1S/C18H17N3O5S/c22-18(23)14-10-13(17-3-1-2-15-4-5-19-21(15)17)11-16(12-14)27(24,25)20-6-8-26-9-7-20/h1-5,10-12H,6-9H2,(H,22,23). The molecule has 1 fully saturated rings. The van der Waals surface area contributed by atoms with Gasteiger partial charge in [-0.25, -0.2) is 17.7 Å². The number of nitrogens with zero attached hydrogens (tertiary/aromatic N) is 3. The SMILES string of the molecule is O=C(O)c1cc(-c2cccc3ccnn23)cc(S(=O)(=O)N2CCOCC2)c1. The van der Waals surface area contributed by atoms with Crippen LogP contribution in [0.2, 0.25) is 0 Å². The molecule has 140 valence electrons. The topological polar surface area (TPSA) is 101 Å². The van der Waals surface area contributed by atoms with Gasteiger partial charge in [-0.05, 0) is 36.4 Å². The zero-order chi connectivity index (χ0) is 19.0. The number of morpholine rings is 1. The van der Waals surface area contributed by atoms with Crippen molar-refractivity contribution >= 4 is 21.5 Å². The largest absolute Gasteiger partial charge is 0.478 e. The summed E-state index contributed by atoms with van der Waals surface area (Å²) in [6, 6.07) is 11.4. The predicted molar refractivity (Wildman–Crippen MR) is 97.2 cm³/mol. The first-order valence-electron chi connectivity index (χ1n) is 8.36. The molecule has 1 saturated heterocycles. The number of fused-ring (bicyclic) bond motifs is 1. The zero-order valence-electron chi connectivity index (χ0n) is 14.3. The number of aromatic carboxylic acids is 1. The van der Waals surface area contributed by atoms with Crippen LogP contribution in [-0.2, 0) is 14.8 Å². The fraction of sp³-hybridized carbons (Fsp3) is 0.222. The van der Waals surface area contributed by atoms with Crippen molar-refractivity contribution in [1.29, 1.82) is 0 Å². The van der Waals surface area contributed by atoms with Crippen molar-refractivity contribution in [3.05, 3.63) is 54.2 Å². The third kappa shape index (κ3) is 3.20. The summed E-state index contributed by atoms with van der Waals surface area (Å²) >= 11 is 0. The number of ether oxygens (including phenoxy) is 1. The molecule has 3 heterocycles. The summed E-state index contributed by atoms with van der Waals surface area (Å²) in [5, 5.41) is 13.7. The second kappa shape index (κ2) is 6.76. The Labute approximate surface area is 155 Å². The molecular weight excluding hydrogens is 370 g/mol. The molecule has 8 nitrogen and oxygen atoms in total. The van der Waals surface area contributed by atoms with Crippen LogP contribution in [0.25, 0.3) is 16.8 Å². The number of benzene rings is 1. The van der Waals surface area contributed by atoms with Crippen molar-refractivity contribution in [1.82, 2.24) is 13.9 Å². The fourth-order valence-corrected chi connectivity index (χ4v) is 4.60. The molecule has 0 spiro atoms. The lowest BCUT2D eigenvalue weighted by Gasteiger charge is -2.26. The molecule has 0 atom stereocenters. The lowest BCUT2D eigenvalue weighted by Crippen LogP contribution is -2.40. The van der Waals surface area contributed by atoms with Gasteiger partial charge in [-0.3, -0.25) is 0 Å². The summed E-state index contributed by atoms with van der Waals surface area (Å²) in [6.45, 7) is 1.11. The molecule has 0 aliphatic carbocycles. The van der Waals surface area contributed by atoms with Crippen LogP contribution in [0.5, 0.6) is 0 Å². The molecule has 9 heteroatoms. The first kappa shape index (κ1) is 17.7. The number of hydrogen-bond donors (Lipinski definition) is 1. The Morgan fingerprint density at radius 2 is 1.89 bits per heavy atom. The highest BCUT2D eigenvalue weighted by Gasteiger charge is 2.28. The fourth-order valence-electron chi connectivity index (χ4n) is 3.12. The van der Waals surface area contributed by atoms with Crippen LogP contribution in [-0.4, -0.2) is 59.7 Å². The molecule has 0 unspecified atom stereocenters. The van der Waals surface area contributed by atoms with Gasteiger partial charge >= 0.3 is 5.97 Å². The van der Waals surface area contributed by atoms with Gasteiger partial charge in [0.1, 0.15) is 0 Å². The lowest BCUT2D eigenvalue weighted by molar-refractivity contribution is 0.0696. The van der Waals surface area contributed by atoms with Gasteiger partial charge in [-0.2, -0.15) is 9.40 Å². The minimum atomic E-state index is -3.83. The van der Waals surface area contributed by atoms with E-state index in [9.17, 15) is 18.3 Å². The Hall–Kier alpha value is -2.75. The van der Waals surface area contributed by atoms with Crippen molar-refractivity contribution in [2.45, 2.75) is 4.90 Å². The van der Waals surface area contributed by atoms with Crippen molar-refractivity contribution in [2.24, 2.45) is 0 Å². The molecule has 1 aliphatic rings. The third-order valence-electron chi connectivity index (χ3n) is 4.48. The zero-order valence-corrected chi connectivity index (χ0v) is 15.1. The van der Waals surface area contributed by atoms with Gasteiger partial charge in [0.15, 0.2) is 0 Å². The van der Waals surface area contributed by atoms with Crippen LogP contribution in [0.3, 0.4) is 0 Å². The van der Waals surface area contributed by atoms with Crippen LogP contribution >= 0.6 is 0 Å². The van der Waals surface area contributed by atoms with Gasteiger partial charge in [-0.1, -0.05) is 6.07 Å². The molecule has 4 rings (SSSR count). The Kier molecular flexibility index (Phi) is 4.42. The second-order valence-electron chi connectivity index (χ2n) is 6.15. The molecule has 2 aromatic heterocycles. The summed E-state index contributed by atoms with van der Waals surface area (Å²) in [5.74, 6) is -1.19. The molecule has 0 radical (unpaired) electrons. The first-order chi connectivity index (χ1) is 13.0. The van der Waals surface area contributed by atoms with Crippen LogP contribution < -0.4 is 0 Å². The molecule has 0 saturated carbocycles. The van der Waals surface area contributed by atoms with Gasteiger partial charge in [0.2, 0.25) is 10.0 Å². The first-order valence-corrected chi connectivity index (χ1v) is 9.80. The summed E-state index contributed by atoms with van der Waals surface area (Å²) in [4.78, 5) is 11.6. The molecule has 1 N–H and O–H groups in total. The maximum atomic E-state index is 13.0. The lowest BCUT2D eigenvalue weighted by atomic mass is 10.1. The van der Waals surface area contributed by atoms with Crippen molar-refractivity contribution < 1.29 is 23.1 Å². The van der Waals surface area contributed by atoms with Crippen LogP contribution in [0.15, 0.2) is 53.6 Å². The average molecular weight is 387 g/mol. The summed E-state index contributed by atoms with van der Waals surface area (Å²) in [5.41, 5.74) is 1.81. The number of carboxylic acid groups (broad SMARTS) is 1. The van der Waals surface area contributed by atoms with Crippen molar-refractivity contribution in [3.8, 4) is 11.3 Å². The molecule has 0 amide bonds. The monoisotopic (exact) mass is 387 g/mol. The van der Waals surface area contributed by atoms with Gasteiger partial charge in [0.05, 0.1) is 41.1 Å². The maximum Gasteiger partial charge on any atom is 0.335 e. The van der Waals surface area contributed by atoms with Gasteiger partial charge in [-0.15, -0.1) is 0 Å². The number of rotatable bonds is 4. The van der Waals surface area contributed by atoms with E-state index in [0.29, 0.717) is 24.5 Å². The van der Waals surface area contributed by atoms with Crippen LogP contribution in [0.1, 0.15) is 10.4 Å². The molecule has 27 heavy (non-hydrogen) atoms. The highest BCUT2D eigenvalue weighted by atomic mass is 32.2. The number of aromatic nitrogens is 2. The molecule has 1 aliphatic heterocycles. The highest BCUT2D eigenvalue weighted by molar-refractivity contribution is 7.89. The van der Waals surface area contributed by atoms with Gasteiger partial charge in [0.25, 0.3) is 0 Å². The number of pyridine rings is 1. The summed E-state index contributed by atoms with van der Waals surface area (Å²) < 4.78 is 34.2. The smallest absolute Gasteiger partial charge is 0.335 e. The Morgan fingerprint density at radius 1 is 1.11 bits per heavy atom.